The average Bonchev–Trinajstić information content (AvgIpc) is 2.36. The third-order valence-corrected chi connectivity index (χ3v) is 4.95. The van der Waals surface area contributed by atoms with Crippen LogP contribution in [0.15, 0.2) is 24.3 Å². The minimum Gasteiger partial charge on any atom is -0.478 e. The molecule has 1 aromatic carbocycles. The van der Waals surface area contributed by atoms with E-state index in [2.05, 4.69) is 0 Å². The molecule has 0 atom stereocenters. The minimum absolute atomic E-state index is 0.0502. The van der Waals surface area contributed by atoms with Gasteiger partial charge in [0.15, 0.2) is 0 Å². The predicted molar refractivity (Wildman–Crippen MR) is 73.6 cm³/mol. The number of benzene rings is 1. The van der Waals surface area contributed by atoms with Crippen LogP contribution in [0.2, 0.25) is 0 Å². The zero-order chi connectivity index (χ0) is 14.8. The number of nitrogens with zero attached hydrogens (tertiary/aromatic N) is 2. The van der Waals surface area contributed by atoms with Crippen molar-refractivity contribution in [3.8, 4) is 0 Å². The van der Waals surface area contributed by atoms with Crippen LogP contribution < -0.4 is 4.31 Å². The molecule has 0 aromatic heterocycles. The van der Waals surface area contributed by atoms with Gasteiger partial charge in [-0.2, -0.15) is 12.7 Å². The molecule has 19 heavy (non-hydrogen) atoms. The fourth-order valence-corrected chi connectivity index (χ4v) is 2.84. The van der Waals surface area contributed by atoms with Gasteiger partial charge in [-0.25, -0.2) is 4.79 Å². The molecule has 0 unspecified atom stereocenters. The molecule has 0 saturated heterocycles. The van der Waals surface area contributed by atoms with Gasteiger partial charge in [-0.15, -0.1) is 0 Å². The quantitative estimate of drug-likeness (QED) is 0.887. The van der Waals surface area contributed by atoms with Crippen molar-refractivity contribution < 1.29 is 18.3 Å². The molecule has 1 N–H and O–H groups in total. The second-order valence-corrected chi connectivity index (χ2v) is 6.43. The average molecular weight is 286 g/mol. The van der Waals surface area contributed by atoms with E-state index in [-0.39, 0.29) is 17.3 Å². The van der Waals surface area contributed by atoms with Crippen molar-refractivity contribution in [1.29, 1.82) is 0 Å². The van der Waals surface area contributed by atoms with Crippen LogP contribution in [0.1, 0.15) is 24.2 Å². The molecule has 6 nitrogen and oxygen atoms in total. The molecule has 106 valence electrons. The molecule has 1 rings (SSSR count). The molecular formula is C12H18N2O4S. The van der Waals surface area contributed by atoms with Crippen molar-refractivity contribution in [3.63, 3.8) is 0 Å². The number of hydrogen-bond donors (Lipinski definition) is 1. The highest BCUT2D eigenvalue weighted by molar-refractivity contribution is 7.90. The lowest BCUT2D eigenvalue weighted by Crippen LogP contribution is -2.43. The van der Waals surface area contributed by atoms with E-state index >= 15 is 0 Å². The molecule has 0 spiro atoms. The summed E-state index contributed by atoms with van der Waals surface area (Å²) >= 11 is 0. The number of carboxylic acids is 1. The maximum absolute atomic E-state index is 12.3. The van der Waals surface area contributed by atoms with Gasteiger partial charge in [-0.05, 0) is 26.0 Å². The molecule has 0 bridgehead atoms. The number of carbonyl (C=O) groups is 1. The monoisotopic (exact) mass is 286 g/mol. The van der Waals surface area contributed by atoms with Crippen molar-refractivity contribution in [1.82, 2.24) is 4.31 Å². The number of aromatic carboxylic acids is 1. The maximum Gasteiger partial charge on any atom is 0.337 e. The van der Waals surface area contributed by atoms with Crippen LogP contribution in [0.4, 0.5) is 5.69 Å². The van der Waals surface area contributed by atoms with Gasteiger partial charge < -0.3 is 5.11 Å². The van der Waals surface area contributed by atoms with Crippen LogP contribution in [0.5, 0.6) is 0 Å². The van der Waals surface area contributed by atoms with Crippen LogP contribution >= 0.6 is 0 Å². The SMILES string of the molecule is CC(C)N(C)S(=O)(=O)N(C)c1ccccc1C(=O)O. The van der Waals surface area contributed by atoms with E-state index in [9.17, 15) is 13.2 Å². The highest BCUT2D eigenvalue weighted by Crippen LogP contribution is 2.23. The van der Waals surface area contributed by atoms with E-state index < -0.39 is 16.2 Å². The first-order valence-electron chi connectivity index (χ1n) is 5.73. The number of carboxylic acid groups (broad SMARTS) is 1. The Morgan fingerprint density at radius 1 is 1.21 bits per heavy atom. The van der Waals surface area contributed by atoms with Gasteiger partial charge in [-0.1, -0.05) is 12.1 Å². The van der Waals surface area contributed by atoms with Gasteiger partial charge in [0.05, 0.1) is 11.3 Å². The lowest BCUT2D eigenvalue weighted by atomic mass is 10.2. The summed E-state index contributed by atoms with van der Waals surface area (Å²) in [4.78, 5) is 11.1. The summed E-state index contributed by atoms with van der Waals surface area (Å²) in [5.74, 6) is -1.16. The molecule has 0 aliphatic carbocycles. The first-order valence-corrected chi connectivity index (χ1v) is 7.13. The summed E-state index contributed by atoms with van der Waals surface area (Å²) in [6, 6.07) is 5.78. The molecule has 1 aromatic rings. The second kappa shape index (κ2) is 5.58. The molecule has 7 heteroatoms. The van der Waals surface area contributed by atoms with E-state index in [1.165, 1.54) is 30.5 Å². The molecule has 0 amide bonds. The van der Waals surface area contributed by atoms with E-state index in [4.69, 9.17) is 5.11 Å². The number of hydrogen-bond acceptors (Lipinski definition) is 3. The molecule has 0 saturated carbocycles. The first kappa shape index (κ1) is 15.5. The van der Waals surface area contributed by atoms with Crippen LogP contribution in [0.25, 0.3) is 0 Å². The van der Waals surface area contributed by atoms with Crippen molar-refractivity contribution in [2.24, 2.45) is 0 Å². The smallest absolute Gasteiger partial charge is 0.337 e. The lowest BCUT2D eigenvalue weighted by Gasteiger charge is -2.28. The Balaban J connectivity index is 3.28. The normalized spacial score (nSPS) is 11.9. The highest BCUT2D eigenvalue weighted by Gasteiger charge is 2.28. The topological polar surface area (TPSA) is 77.9 Å². The van der Waals surface area contributed by atoms with Crippen LogP contribution in [0, 0.1) is 0 Å². The zero-order valence-corrected chi connectivity index (χ0v) is 12.2. The van der Waals surface area contributed by atoms with Gasteiger partial charge in [-0.3, -0.25) is 4.31 Å². The predicted octanol–water partition coefficient (Wildman–Crippen LogP) is 1.41. The zero-order valence-electron chi connectivity index (χ0n) is 11.4. The Morgan fingerprint density at radius 3 is 2.21 bits per heavy atom. The third-order valence-electron chi connectivity index (χ3n) is 2.91. The molecular weight excluding hydrogens is 268 g/mol. The molecule has 0 fully saturated rings. The number of rotatable bonds is 5. The largest absolute Gasteiger partial charge is 0.478 e. The van der Waals surface area contributed by atoms with E-state index in [0.717, 1.165) is 4.31 Å². The van der Waals surface area contributed by atoms with Gasteiger partial charge in [0.2, 0.25) is 0 Å². The number of para-hydroxylation sites is 1. The highest BCUT2D eigenvalue weighted by atomic mass is 32.2. The third kappa shape index (κ3) is 3.05. The van der Waals surface area contributed by atoms with Crippen LogP contribution in [-0.2, 0) is 10.2 Å². The molecule has 0 aliphatic heterocycles. The fraction of sp³-hybridized carbons (Fsp3) is 0.417. The summed E-state index contributed by atoms with van der Waals surface area (Å²) in [6.45, 7) is 3.49. The maximum atomic E-state index is 12.3. The Kier molecular flexibility index (Phi) is 4.54. The Hall–Kier alpha value is -1.60. The van der Waals surface area contributed by atoms with Gasteiger partial charge >= 0.3 is 16.2 Å². The summed E-state index contributed by atoms with van der Waals surface area (Å²) < 4.78 is 26.8. The summed E-state index contributed by atoms with van der Waals surface area (Å²) in [5, 5.41) is 9.09. The van der Waals surface area contributed by atoms with Crippen LogP contribution in [0.3, 0.4) is 0 Å². The van der Waals surface area contributed by atoms with Crippen molar-refractivity contribution in [2.75, 3.05) is 18.4 Å². The van der Waals surface area contributed by atoms with Crippen LogP contribution in [-0.4, -0.2) is 43.9 Å². The van der Waals surface area contributed by atoms with Crippen molar-refractivity contribution in [3.05, 3.63) is 29.8 Å². The van der Waals surface area contributed by atoms with Gasteiger partial charge in [0.1, 0.15) is 0 Å². The fourth-order valence-electron chi connectivity index (χ4n) is 1.51. The standard InChI is InChI=1S/C12H18N2O4S/c1-9(2)13(3)19(17,18)14(4)11-8-6-5-7-10(11)12(15)16/h5-9H,1-4H3,(H,15,16). The number of anilines is 1. The Bertz CT molecular complexity index is 569. The second-order valence-electron chi connectivity index (χ2n) is 4.41. The molecule has 0 radical (unpaired) electrons. The van der Waals surface area contributed by atoms with Gasteiger partial charge in [0, 0.05) is 20.1 Å². The van der Waals surface area contributed by atoms with Gasteiger partial charge in [0.25, 0.3) is 0 Å². The Morgan fingerprint density at radius 2 is 1.74 bits per heavy atom. The minimum atomic E-state index is -3.74. The van der Waals surface area contributed by atoms with Crippen molar-refractivity contribution in [2.45, 2.75) is 19.9 Å². The lowest BCUT2D eigenvalue weighted by molar-refractivity contribution is 0.0698. The van der Waals surface area contributed by atoms with Crippen molar-refractivity contribution >= 4 is 21.9 Å². The van der Waals surface area contributed by atoms with E-state index in [1.54, 1.807) is 26.0 Å². The Labute approximate surface area is 113 Å². The molecule has 0 aliphatic rings. The summed E-state index contributed by atoms with van der Waals surface area (Å²) in [7, 11) is -0.943. The van der Waals surface area contributed by atoms with E-state index in [0.29, 0.717) is 0 Å². The first-order chi connectivity index (χ1) is 8.69. The molecule has 0 heterocycles. The van der Waals surface area contributed by atoms with E-state index in [1.807, 2.05) is 0 Å². The summed E-state index contributed by atoms with van der Waals surface area (Å²) in [6.07, 6.45) is 0. The summed E-state index contributed by atoms with van der Waals surface area (Å²) in [5.41, 5.74) is 0.0910.